The topological polar surface area (TPSA) is 32.5 Å². The molecule has 3 nitrogen and oxygen atoms in total. The molecule has 3 rings (SSSR count). The van der Waals surface area contributed by atoms with Crippen LogP contribution >= 0.6 is 0 Å². The maximum absolute atomic E-state index is 6.30. The summed E-state index contributed by atoms with van der Waals surface area (Å²) in [4.78, 5) is 5.48. The van der Waals surface area contributed by atoms with Crippen molar-refractivity contribution in [2.75, 3.05) is 32.7 Å². The fraction of sp³-hybridized carbons (Fsp3) is 1.00. The molecular weight excluding hydrogens is 222 g/mol. The minimum absolute atomic E-state index is 0.332. The van der Waals surface area contributed by atoms with Gasteiger partial charge in [-0.2, -0.15) is 0 Å². The molecule has 4 unspecified atom stereocenters. The number of piperidine rings is 1. The number of fused-ring (bicyclic) bond motifs is 2. The third-order valence-corrected chi connectivity index (χ3v) is 5.89. The lowest BCUT2D eigenvalue weighted by molar-refractivity contribution is -0.0125. The Kier molecular flexibility index (Phi) is 3.41. The van der Waals surface area contributed by atoms with Gasteiger partial charge in [-0.15, -0.1) is 0 Å². The van der Waals surface area contributed by atoms with Crippen molar-refractivity contribution in [1.82, 2.24) is 9.80 Å². The number of hydrogen-bond acceptors (Lipinski definition) is 3. The molecule has 3 heteroatoms. The first-order valence-electron chi connectivity index (χ1n) is 7.86. The van der Waals surface area contributed by atoms with Crippen LogP contribution in [0.2, 0.25) is 0 Å². The zero-order valence-electron chi connectivity index (χ0n) is 12.1. The van der Waals surface area contributed by atoms with Crippen molar-refractivity contribution < 1.29 is 0 Å². The van der Waals surface area contributed by atoms with Crippen molar-refractivity contribution in [3.63, 3.8) is 0 Å². The van der Waals surface area contributed by atoms with Crippen molar-refractivity contribution in [3.05, 3.63) is 0 Å². The lowest BCUT2D eigenvalue weighted by Crippen LogP contribution is -2.64. The molecule has 0 aliphatic carbocycles. The van der Waals surface area contributed by atoms with E-state index in [2.05, 4.69) is 23.6 Å². The van der Waals surface area contributed by atoms with Gasteiger partial charge in [0.25, 0.3) is 0 Å². The SMILES string of the molecule is CC(C)C1CCCN1C1(CN)CCN2CCC1C2. The summed E-state index contributed by atoms with van der Waals surface area (Å²) in [5.41, 5.74) is 6.64. The molecule has 3 aliphatic rings. The minimum atomic E-state index is 0.332. The molecule has 3 saturated heterocycles. The van der Waals surface area contributed by atoms with Gasteiger partial charge in [0.05, 0.1) is 0 Å². The molecule has 3 aliphatic heterocycles. The molecule has 2 N–H and O–H groups in total. The summed E-state index contributed by atoms with van der Waals surface area (Å²) in [5, 5.41) is 0. The van der Waals surface area contributed by atoms with E-state index in [0.717, 1.165) is 24.4 Å². The zero-order chi connectivity index (χ0) is 12.8. The Bertz CT molecular complexity index is 304. The third kappa shape index (κ3) is 1.83. The lowest BCUT2D eigenvalue weighted by Gasteiger charge is -2.51. The van der Waals surface area contributed by atoms with E-state index in [0.29, 0.717) is 5.54 Å². The molecule has 3 heterocycles. The molecule has 0 aromatic carbocycles. The Hall–Kier alpha value is -0.120. The molecule has 3 fully saturated rings. The van der Waals surface area contributed by atoms with Gasteiger partial charge in [0, 0.05) is 24.7 Å². The van der Waals surface area contributed by atoms with Gasteiger partial charge in [-0.25, -0.2) is 0 Å². The summed E-state index contributed by atoms with van der Waals surface area (Å²) in [6.07, 6.45) is 5.44. The van der Waals surface area contributed by atoms with E-state index in [9.17, 15) is 0 Å². The van der Waals surface area contributed by atoms with Gasteiger partial charge >= 0.3 is 0 Å². The Morgan fingerprint density at radius 1 is 1.22 bits per heavy atom. The van der Waals surface area contributed by atoms with E-state index in [-0.39, 0.29) is 0 Å². The Labute approximate surface area is 112 Å². The molecule has 0 aromatic heterocycles. The first kappa shape index (κ1) is 12.9. The van der Waals surface area contributed by atoms with Gasteiger partial charge < -0.3 is 10.6 Å². The first-order valence-corrected chi connectivity index (χ1v) is 7.86. The highest BCUT2D eigenvalue weighted by Crippen LogP contribution is 2.43. The monoisotopic (exact) mass is 251 g/mol. The first-order chi connectivity index (χ1) is 8.67. The molecule has 0 spiro atoms. The van der Waals surface area contributed by atoms with E-state index in [1.807, 2.05) is 0 Å². The molecule has 0 aromatic rings. The third-order valence-electron chi connectivity index (χ3n) is 5.89. The van der Waals surface area contributed by atoms with Gasteiger partial charge in [0.2, 0.25) is 0 Å². The van der Waals surface area contributed by atoms with Gasteiger partial charge in [0.15, 0.2) is 0 Å². The molecule has 0 saturated carbocycles. The predicted molar refractivity (Wildman–Crippen MR) is 75.5 cm³/mol. The van der Waals surface area contributed by atoms with Crippen LogP contribution in [-0.2, 0) is 0 Å². The van der Waals surface area contributed by atoms with Crippen LogP contribution in [0.25, 0.3) is 0 Å². The Balaban J connectivity index is 1.86. The van der Waals surface area contributed by atoms with Gasteiger partial charge in [-0.05, 0) is 57.2 Å². The summed E-state index contributed by atoms with van der Waals surface area (Å²) in [6.45, 7) is 10.8. The summed E-state index contributed by atoms with van der Waals surface area (Å²) in [6, 6.07) is 0.778. The molecule has 104 valence electrons. The number of rotatable bonds is 3. The van der Waals surface area contributed by atoms with E-state index < -0.39 is 0 Å². The second-order valence-corrected chi connectivity index (χ2v) is 6.99. The number of hydrogen-bond donors (Lipinski definition) is 1. The Morgan fingerprint density at radius 2 is 2.06 bits per heavy atom. The average molecular weight is 251 g/mol. The maximum Gasteiger partial charge on any atom is 0.0387 e. The minimum Gasteiger partial charge on any atom is -0.329 e. The van der Waals surface area contributed by atoms with Crippen molar-refractivity contribution in [1.29, 1.82) is 0 Å². The quantitative estimate of drug-likeness (QED) is 0.825. The van der Waals surface area contributed by atoms with Gasteiger partial charge in [0.1, 0.15) is 0 Å². The van der Waals surface area contributed by atoms with Crippen LogP contribution in [-0.4, -0.2) is 54.1 Å². The number of nitrogens with zero attached hydrogens (tertiary/aromatic N) is 2. The number of nitrogens with two attached hydrogens (primary N) is 1. The number of likely N-dealkylation sites (tertiary alicyclic amines) is 1. The van der Waals surface area contributed by atoms with Crippen LogP contribution in [0.5, 0.6) is 0 Å². The molecule has 4 atom stereocenters. The fourth-order valence-electron chi connectivity index (χ4n) is 4.83. The van der Waals surface area contributed by atoms with Gasteiger partial charge in [-0.1, -0.05) is 13.8 Å². The standard InChI is InChI=1S/C15H29N3/c1-12(2)14-4-3-7-18(14)15(11-16)6-9-17-8-5-13(15)10-17/h12-14H,3-11,16H2,1-2H3. The summed E-state index contributed by atoms with van der Waals surface area (Å²) in [5.74, 6) is 1.60. The Morgan fingerprint density at radius 3 is 2.78 bits per heavy atom. The van der Waals surface area contributed by atoms with Crippen LogP contribution in [0, 0.1) is 11.8 Å². The van der Waals surface area contributed by atoms with Gasteiger partial charge in [-0.3, -0.25) is 4.90 Å². The van der Waals surface area contributed by atoms with Crippen molar-refractivity contribution in [3.8, 4) is 0 Å². The molecule has 0 radical (unpaired) electrons. The van der Waals surface area contributed by atoms with Crippen LogP contribution in [0.1, 0.15) is 39.5 Å². The molecular formula is C15H29N3. The van der Waals surface area contributed by atoms with Crippen molar-refractivity contribution in [2.45, 2.75) is 51.1 Å². The second-order valence-electron chi connectivity index (χ2n) is 6.99. The highest BCUT2D eigenvalue weighted by Gasteiger charge is 2.51. The molecule has 18 heavy (non-hydrogen) atoms. The van der Waals surface area contributed by atoms with E-state index in [4.69, 9.17) is 5.73 Å². The summed E-state index contributed by atoms with van der Waals surface area (Å²) < 4.78 is 0. The molecule has 0 amide bonds. The van der Waals surface area contributed by atoms with Crippen molar-refractivity contribution in [2.24, 2.45) is 17.6 Å². The largest absolute Gasteiger partial charge is 0.329 e. The smallest absolute Gasteiger partial charge is 0.0387 e. The average Bonchev–Trinajstić information content (AvgIpc) is 2.99. The highest BCUT2D eigenvalue weighted by atomic mass is 15.3. The fourth-order valence-corrected chi connectivity index (χ4v) is 4.83. The van der Waals surface area contributed by atoms with Crippen molar-refractivity contribution >= 4 is 0 Å². The summed E-state index contributed by atoms with van der Waals surface area (Å²) >= 11 is 0. The van der Waals surface area contributed by atoms with E-state index in [1.54, 1.807) is 0 Å². The van der Waals surface area contributed by atoms with E-state index >= 15 is 0 Å². The van der Waals surface area contributed by atoms with Crippen LogP contribution in [0.15, 0.2) is 0 Å². The van der Waals surface area contributed by atoms with Crippen LogP contribution < -0.4 is 5.73 Å². The predicted octanol–water partition coefficient (Wildman–Crippen LogP) is 1.53. The van der Waals surface area contributed by atoms with Crippen LogP contribution in [0.4, 0.5) is 0 Å². The summed E-state index contributed by atoms with van der Waals surface area (Å²) in [7, 11) is 0. The second kappa shape index (κ2) is 4.77. The highest BCUT2D eigenvalue weighted by molar-refractivity contribution is 5.08. The molecule has 2 bridgehead atoms. The normalized spacial score (nSPS) is 45.0. The lowest BCUT2D eigenvalue weighted by atomic mass is 9.76. The zero-order valence-corrected chi connectivity index (χ0v) is 12.1. The van der Waals surface area contributed by atoms with Crippen LogP contribution in [0.3, 0.4) is 0 Å². The van der Waals surface area contributed by atoms with E-state index in [1.165, 1.54) is 51.9 Å². The maximum atomic E-state index is 6.30.